The van der Waals surface area contributed by atoms with Gasteiger partial charge in [-0.3, -0.25) is 4.79 Å². The summed E-state index contributed by atoms with van der Waals surface area (Å²) in [6.45, 7) is 4.70. The second-order valence-electron chi connectivity index (χ2n) is 4.03. The molecule has 0 bridgehead atoms. The fraction of sp³-hybridized carbons (Fsp3) is 0.545. The molecule has 17 heavy (non-hydrogen) atoms. The average molecular weight is 237 g/mol. The fourth-order valence-electron chi connectivity index (χ4n) is 1.24. The van der Waals surface area contributed by atoms with Crippen molar-refractivity contribution in [2.45, 2.75) is 19.9 Å². The highest BCUT2D eigenvalue weighted by atomic mass is 16.1. The lowest BCUT2D eigenvalue weighted by molar-refractivity contribution is 0.0957. The number of carbonyl (C=O) groups is 1. The number of carbonyl (C=O) groups excluding carboxylic acids is 1. The summed E-state index contributed by atoms with van der Waals surface area (Å²) >= 11 is 0. The van der Waals surface area contributed by atoms with E-state index in [1.54, 1.807) is 19.2 Å². The number of aromatic nitrogens is 2. The van der Waals surface area contributed by atoms with E-state index in [0.717, 1.165) is 0 Å². The lowest BCUT2D eigenvalue weighted by atomic mass is 10.0. The van der Waals surface area contributed by atoms with Crippen molar-refractivity contribution in [2.75, 3.05) is 18.9 Å². The predicted octanol–water partition coefficient (Wildman–Crippen LogP) is 0.231. The second-order valence-corrected chi connectivity index (χ2v) is 4.03. The zero-order chi connectivity index (χ0) is 12.8. The van der Waals surface area contributed by atoms with E-state index in [9.17, 15) is 4.79 Å². The largest absolute Gasteiger partial charge is 0.366 e. The van der Waals surface area contributed by atoms with Crippen LogP contribution in [0.15, 0.2) is 12.1 Å². The maximum Gasteiger partial charge on any atom is 0.271 e. The van der Waals surface area contributed by atoms with Crippen molar-refractivity contribution >= 4 is 11.7 Å². The first kappa shape index (κ1) is 13.4. The number of rotatable bonds is 5. The van der Waals surface area contributed by atoms with Gasteiger partial charge in [0.2, 0.25) is 0 Å². The Morgan fingerprint density at radius 1 is 1.41 bits per heavy atom. The molecule has 0 aliphatic rings. The molecule has 1 amide bonds. The van der Waals surface area contributed by atoms with E-state index >= 15 is 0 Å². The van der Waals surface area contributed by atoms with Crippen LogP contribution in [0.4, 0.5) is 5.82 Å². The molecule has 6 nitrogen and oxygen atoms in total. The number of anilines is 1. The molecule has 2 atom stereocenters. The Kier molecular flexibility index (Phi) is 4.84. The third-order valence-electron chi connectivity index (χ3n) is 2.73. The van der Waals surface area contributed by atoms with Crippen molar-refractivity contribution in [1.82, 2.24) is 15.5 Å². The zero-order valence-electron chi connectivity index (χ0n) is 10.4. The summed E-state index contributed by atoms with van der Waals surface area (Å²) < 4.78 is 0. The van der Waals surface area contributed by atoms with Crippen molar-refractivity contribution in [3.8, 4) is 0 Å². The molecule has 6 heteroatoms. The minimum atomic E-state index is -0.243. The van der Waals surface area contributed by atoms with Crippen LogP contribution >= 0.6 is 0 Å². The molecular weight excluding hydrogens is 218 g/mol. The first-order valence-electron chi connectivity index (χ1n) is 5.61. The van der Waals surface area contributed by atoms with E-state index in [2.05, 4.69) is 27.8 Å². The fourth-order valence-corrected chi connectivity index (χ4v) is 1.24. The van der Waals surface area contributed by atoms with E-state index < -0.39 is 0 Å². The van der Waals surface area contributed by atoms with E-state index in [1.807, 2.05) is 6.92 Å². The number of nitrogens with two attached hydrogens (primary N) is 1. The molecule has 0 aromatic carbocycles. The van der Waals surface area contributed by atoms with Crippen molar-refractivity contribution in [3.05, 3.63) is 17.8 Å². The summed E-state index contributed by atoms with van der Waals surface area (Å²) in [5, 5.41) is 13.5. The molecule has 0 aliphatic heterocycles. The molecule has 0 saturated heterocycles. The first-order valence-corrected chi connectivity index (χ1v) is 5.61. The van der Waals surface area contributed by atoms with Gasteiger partial charge in [0, 0.05) is 13.1 Å². The lowest BCUT2D eigenvalue weighted by Crippen LogP contribution is -2.30. The number of nitrogens with one attached hydrogen (secondary N) is 2. The molecular formula is C11H19N5O. The van der Waals surface area contributed by atoms with Crippen LogP contribution in [0.1, 0.15) is 24.3 Å². The molecule has 1 rings (SSSR count). The molecule has 1 aromatic heterocycles. The second kappa shape index (κ2) is 6.15. The zero-order valence-corrected chi connectivity index (χ0v) is 10.4. The number of hydrogen-bond acceptors (Lipinski definition) is 5. The van der Waals surface area contributed by atoms with Gasteiger partial charge in [0.05, 0.1) is 0 Å². The lowest BCUT2D eigenvalue weighted by Gasteiger charge is -2.19. The summed E-state index contributed by atoms with van der Waals surface area (Å²) in [4.78, 5) is 11.3. The summed E-state index contributed by atoms with van der Waals surface area (Å²) in [6, 6.07) is 3.57. The highest BCUT2D eigenvalue weighted by molar-refractivity contribution is 5.91. The maximum atomic E-state index is 11.3. The molecule has 94 valence electrons. The Morgan fingerprint density at radius 3 is 2.59 bits per heavy atom. The van der Waals surface area contributed by atoms with E-state index in [-0.39, 0.29) is 11.9 Å². The van der Waals surface area contributed by atoms with Crippen LogP contribution in [0.25, 0.3) is 0 Å². The van der Waals surface area contributed by atoms with Crippen LogP contribution in [-0.2, 0) is 0 Å². The van der Waals surface area contributed by atoms with Gasteiger partial charge in [0.25, 0.3) is 5.91 Å². The SMILES string of the molecule is CNC(=O)c1ccc(NC(C)C(C)CN)nn1. The van der Waals surface area contributed by atoms with Crippen LogP contribution < -0.4 is 16.4 Å². The van der Waals surface area contributed by atoms with Crippen molar-refractivity contribution in [1.29, 1.82) is 0 Å². The Hall–Kier alpha value is -1.69. The van der Waals surface area contributed by atoms with Crippen LogP contribution in [0.5, 0.6) is 0 Å². The van der Waals surface area contributed by atoms with Crippen LogP contribution in [0.2, 0.25) is 0 Å². The maximum absolute atomic E-state index is 11.3. The molecule has 1 heterocycles. The van der Waals surface area contributed by atoms with E-state index in [0.29, 0.717) is 24.0 Å². The van der Waals surface area contributed by atoms with Crippen LogP contribution in [0, 0.1) is 5.92 Å². The van der Waals surface area contributed by atoms with Crippen molar-refractivity contribution in [2.24, 2.45) is 11.7 Å². The van der Waals surface area contributed by atoms with Crippen molar-refractivity contribution < 1.29 is 4.79 Å². The van der Waals surface area contributed by atoms with Gasteiger partial charge in [-0.15, -0.1) is 10.2 Å². The quantitative estimate of drug-likeness (QED) is 0.681. The van der Waals surface area contributed by atoms with E-state index in [1.165, 1.54) is 0 Å². The highest BCUT2D eigenvalue weighted by Gasteiger charge is 2.11. The third kappa shape index (κ3) is 3.67. The molecule has 0 radical (unpaired) electrons. The predicted molar refractivity (Wildman–Crippen MR) is 66.7 cm³/mol. The molecule has 0 fully saturated rings. The van der Waals surface area contributed by atoms with Gasteiger partial charge in [-0.1, -0.05) is 6.92 Å². The highest BCUT2D eigenvalue weighted by Crippen LogP contribution is 2.08. The van der Waals surface area contributed by atoms with Gasteiger partial charge in [-0.05, 0) is 31.5 Å². The molecule has 4 N–H and O–H groups in total. The molecule has 0 saturated carbocycles. The number of nitrogens with zero attached hydrogens (tertiary/aromatic N) is 2. The van der Waals surface area contributed by atoms with Gasteiger partial charge >= 0.3 is 0 Å². The number of hydrogen-bond donors (Lipinski definition) is 3. The summed E-state index contributed by atoms with van der Waals surface area (Å²) in [5.74, 6) is 0.744. The smallest absolute Gasteiger partial charge is 0.271 e. The number of amides is 1. The first-order chi connectivity index (χ1) is 8.08. The Balaban J connectivity index is 2.65. The molecule has 1 aromatic rings. The van der Waals surface area contributed by atoms with Crippen molar-refractivity contribution in [3.63, 3.8) is 0 Å². The van der Waals surface area contributed by atoms with Gasteiger partial charge in [-0.2, -0.15) is 0 Å². The van der Waals surface area contributed by atoms with Gasteiger partial charge in [0.15, 0.2) is 5.69 Å². The minimum Gasteiger partial charge on any atom is -0.366 e. The Labute approximate surface area is 101 Å². The normalized spacial score (nSPS) is 13.9. The topological polar surface area (TPSA) is 92.9 Å². The summed E-state index contributed by atoms with van der Waals surface area (Å²) in [6.07, 6.45) is 0. The molecule has 0 aliphatic carbocycles. The van der Waals surface area contributed by atoms with Gasteiger partial charge in [0.1, 0.15) is 5.82 Å². The van der Waals surface area contributed by atoms with Gasteiger partial charge in [-0.25, -0.2) is 0 Å². The standard InChI is InChI=1S/C11H19N5O/c1-7(6-12)8(2)14-10-5-4-9(15-16-10)11(17)13-3/h4-5,7-8H,6,12H2,1-3H3,(H,13,17)(H,14,16). The minimum absolute atomic E-state index is 0.208. The van der Waals surface area contributed by atoms with Gasteiger partial charge < -0.3 is 16.4 Å². The Bertz CT molecular complexity index is 365. The summed E-state index contributed by atoms with van der Waals surface area (Å²) in [7, 11) is 1.56. The molecule has 0 spiro atoms. The average Bonchev–Trinajstić information content (AvgIpc) is 2.37. The molecule has 2 unspecified atom stereocenters. The monoisotopic (exact) mass is 237 g/mol. The third-order valence-corrected chi connectivity index (χ3v) is 2.73. The van der Waals surface area contributed by atoms with Crippen LogP contribution in [-0.4, -0.2) is 35.7 Å². The van der Waals surface area contributed by atoms with E-state index in [4.69, 9.17) is 5.73 Å². The van der Waals surface area contributed by atoms with Crippen LogP contribution in [0.3, 0.4) is 0 Å². The Morgan fingerprint density at radius 2 is 2.12 bits per heavy atom. The summed E-state index contributed by atoms with van der Waals surface area (Å²) in [5.41, 5.74) is 5.88.